The van der Waals surface area contributed by atoms with Crippen molar-refractivity contribution in [3.05, 3.63) is 36.0 Å². The zero-order valence-electron chi connectivity index (χ0n) is 21.0. The molecule has 0 radical (unpaired) electrons. The van der Waals surface area contributed by atoms with Crippen LogP contribution >= 0.6 is 0 Å². The van der Waals surface area contributed by atoms with Crippen LogP contribution in [0.5, 0.6) is 0 Å². The van der Waals surface area contributed by atoms with Crippen molar-refractivity contribution in [1.82, 2.24) is 20.9 Å². The number of carbonyl (C=O) groups excluding carboxylic acids is 5. The molecule has 0 spiro atoms. The summed E-state index contributed by atoms with van der Waals surface area (Å²) < 4.78 is 0. The second-order valence-corrected chi connectivity index (χ2v) is 8.88. The molecular formula is C24H33N7O8. The molecule has 1 aromatic heterocycles. The van der Waals surface area contributed by atoms with Gasteiger partial charge in [-0.3, -0.25) is 24.0 Å². The number of fused-ring (bicyclic) bond motifs is 1. The lowest BCUT2D eigenvalue weighted by Gasteiger charge is -2.24. The first kappa shape index (κ1) is 30.7. The monoisotopic (exact) mass is 547 g/mol. The van der Waals surface area contributed by atoms with E-state index < -0.39 is 66.3 Å². The lowest BCUT2D eigenvalue weighted by molar-refractivity contribution is -0.143. The number of primary amides is 2. The van der Waals surface area contributed by atoms with Crippen LogP contribution in [0.15, 0.2) is 30.5 Å². The first-order valence-corrected chi connectivity index (χ1v) is 12.0. The number of H-pyrrole nitrogens is 1. The highest BCUT2D eigenvalue weighted by Gasteiger charge is 2.30. The number of benzene rings is 1. The molecule has 39 heavy (non-hydrogen) atoms. The summed E-state index contributed by atoms with van der Waals surface area (Å²) >= 11 is 0. The van der Waals surface area contributed by atoms with Crippen LogP contribution in [0.4, 0.5) is 0 Å². The van der Waals surface area contributed by atoms with Crippen molar-refractivity contribution in [3.8, 4) is 0 Å². The number of carboxylic acids is 1. The van der Waals surface area contributed by atoms with Gasteiger partial charge in [-0.25, -0.2) is 4.79 Å². The molecule has 2 rings (SSSR count). The SMILES string of the molecule is NC(=O)CCC(NC(=O)C(CO)NC(=O)C(CCC(N)=O)NC(=O)C(N)Cc1c[nH]c2ccccc12)C(=O)O. The zero-order valence-corrected chi connectivity index (χ0v) is 21.0. The fraction of sp³-hybridized carbons (Fsp3) is 0.417. The Bertz CT molecular complexity index is 1210. The van der Waals surface area contributed by atoms with E-state index in [-0.39, 0.29) is 32.1 Å². The Hall–Kier alpha value is -4.50. The summed E-state index contributed by atoms with van der Waals surface area (Å²) in [5.41, 5.74) is 17.9. The van der Waals surface area contributed by atoms with Crippen LogP contribution in [0.2, 0.25) is 0 Å². The third-order valence-electron chi connectivity index (χ3n) is 5.87. The maximum atomic E-state index is 12.9. The van der Waals surface area contributed by atoms with Gasteiger partial charge < -0.3 is 48.3 Å². The second kappa shape index (κ2) is 14.4. The summed E-state index contributed by atoms with van der Waals surface area (Å²) in [5, 5.41) is 26.5. The summed E-state index contributed by atoms with van der Waals surface area (Å²) in [5.74, 6) is -5.70. The van der Waals surface area contributed by atoms with Crippen molar-refractivity contribution < 1.29 is 39.0 Å². The van der Waals surface area contributed by atoms with Crippen molar-refractivity contribution in [3.63, 3.8) is 0 Å². The van der Waals surface area contributed by atoms with Crippen LogP contribution in [0, 0.1) is 0 Å². The van der Waals surface area contributed by atoms with E-state index in [1.807, 2.05) is 24.3 Å². The van der Waals surface area contributed by atoms with Gasteiger partial charge in [0.1, 0.15) is 18.1 Å². The van der Waals surface area contributed by atoms with Crippen molar-refractivity contribution >= 4 is 46.4 Å². The van der Waals surface area contributed by atoms with Gasteiger partial charge in [-0.05, 0) is 30.9 Å². The van der Waals surface area contributed by atoms with Gasteiger partial charge in [0, 0.05) is 29.9 Å². The van der Waals surface area contributed by atoms with Gasteiger partial charge in [-0.15, -0.1) is 0 Å². The number of aliphatic hydroxyl groups excluding tert-OH is 1. The standard InChI is InChI=1S/C24H33N7O8/c25-14(9-12-10-28-15-4-2-1-3-13(12)15)21(35)29-16(5-7-19(26)33)22(36)31-18(11-32)23(37)30-17(24(38)39)6-8-20(27)34/h1-4,10,14,16-18,28,32H,5-9,11,25H2,(H2,26,33)(H2,27,34)(H,29,35)(H,30,37)(H,31,36)(H,38,39). The maximum Gasteiger partial charge on any atom is 0.326 e. The van der Waals surface area contributed by atoms with Crippen molar-refractivity contribution in [2.45, 2.75) is 56.3 Å². The molecule has 1 heterocycles. The van der Waals surface area contributed by atoms with Gasteiger partial charge in [-0.2, -0.15) is 0 Å². The quantitative estimate of drug-likeness (QED) is 0.104. The van der Waals surface area contributed by atoms with Crippen molar-refractivity contribution in [2.24, 2.45) is 17.2 Å². The minimum Gasteiger partial charge on any atom is -0.480 e. The number of hydrogen-bond donors (Lipinski definition) is 9. The van der Waals surface area contributed by atoms with E-state index in [0.717, 1.165) is 16.5 Å². The summed E-state index contributed by atoms with van der Waals surface area (Å²) in [6.07, 6.45) is 0.682. The zero-order chi connectivity index (χ0) is 29.1. The minimum absolute atomic E-state index is 0.129. The number of nitrogens with two attached hydrogens (primary N) is 3. The Kier molecular flexibility index (Phi) is 11.4. The number of para-hydroxylation sites is 1. The van der Waals surface area contributed by atoms with Crippen LogP contribution in [-0.2, 0) is 35.2 Å². The smallest absolute Gasteiger partial charge is 0.326 e. The van der Waals surface area contributed by atoms with E-state index in [2.05, 4.69) is 20.9 Å². The van der Waals surface area contributed by atoms with Gasteiger partial charge in [-0.1, -0.05) is 18.2 Å². The predicted octanol–water partition coefficient (Wildman–Crippen LogP) is -2.90. The average molecular weight is 548 g/mol. The van der Waals surface area contributed by atoms with E-state index in [1.54, 1.807) is 6.20 Å². The fourth-order valence-corrected chi connectivity index (χ4v) is 3.75. The number of aromatic amines is 1. The number of nitrogens with one attached hydrogen (secondary N) is 4. The van der Waals surface area contributed by atoms with Crippen LogP contribution < -0.4 is 33.2 Å². The Morgan fingerprint density at radius 2 is 1.36 bits per heavy atom. The normalized spacial score (nSPS) is 14.0. The molecule has 212 valence electrons. The molecule has 0 fully saturated rings. The molecular weight excluding hydrogens is 514 g/mol. The number of amides is 5. The molecule has 12 N–H and O–H groups in total. The van der Waals surface area contributed by atoms with E-state index in [0.29, 0.717) is 0 Å². The molecule has 0 aliphatic rings. The molecule has 0 aliphatic carbocycles. The molecule has 4 unspecified atom stereocenters. The lowest BCUT2D eigenvalue weighted by atomic mass is 10.0. The highest BCUT2D eigenvalue weighted by Crippen LogP contribution is 2.18. The highest BCUT2D eigenvalue weighted by atomic mass is 16.4. The second-order valence-electron chi connectivity index (χ2n) is 8.88. The van der Waals surface area contributed by atoms with Gasteiger partial charge in [0.2, 0.25) is 29.5 Å². The number of carbonyl (C=O) groups is 6. The minimum atomic E-state index is -1.61. The maximum absolute atomic E-state index is 12.9. The Morgan fingerprint density at radius 3 is 1.95 bits per heavy atom. The average Bonchev–Trinajstić information content (AvgIpc) is 3.29. The largest absolute Gasteiger partial charge is 0.480 e. The fourth-order valence-electron chi connectivity index (χ4n) is 3.75. The number of aromatic nitrogens is 1. The number of carboxylic acid groups (broad SMARTS) is 1. The number of hydrogen-bond acceptors (Lipinski definition) is 8. The molecule has 5 amide bonds. The molecule has 0 saturated heterocycles. The Labute approximate surface area is 222 Å². The van der Waals surface area contributed by atoms with E-state index in [4.69, 9.17) is 17.2 Å². The topological polar surface area (TPSA) is 273 Å². The molecule has 15 nitrogen and oxygen atoms in total. The van der Waals surface area contributed by atoms with Gasteiger partial charge in [0.05, 0.1) is 12.6 Å². The van der Waals surface area contributed by atoms with Gasteiger partial charge >= 0.3 is 5.97 Å². The van der Waals surface area contributed by atoms with E-state index in [9.17, 15) is 39.0 Å². The van der Waals surface area contributed by atoms with Crippen LogP contribution in [0.3, 0.4) is 0 Å². The number of aliphatic hydroxyl groups is 1. The molecule has 2 aromatic rings. The Morgan fingerprint density at radius 1 is 0.821 bits per heavy atom. The molecule has 0 bridgehead atoms. The van der Waals surface area contributed by atoms with E-state index >= 15 is 0 Å². The summed E-state index contributed by atoms with van der Waals surface area (Å²) in [6.45, 7) is -0.920. The molecule has 4 atom stereocenters. The summed E-state index contributed by atoms with van der Waals surface area (Å²) in [4.78, 5) is 75.0. The molecule has 0 saturated carbocycles. The number of aliphatic carboxylic acids is 1. The predicted molar refractivity (Wildman–Crippen MR) is 137 cm³/mol. The van der Waals surface area contributed by atoms with Crippen molar-refractivity contribution in [1.29, 1.82) is 0 Å². The Balaban J connectivity index is 2.08. The first-order chi connectivity index (χ1) is 18.4. The third kappa shape index (κ3) is 9.39. The third-order valence-corrected chi connectivity index (χ3v) is 5.87. The van der Waals surface area contributed by atoms with Crippen LogP contribution in [0.1, 0.15) is 31.2 Å². The highest BCUT2D eigenvalue weighted by molar-refractivity contribution is 5.95. The first-order valence-electron chi connectivity index (χ1n) is 12.0. The molecule has 1 aromatic carbocycles. The molecule has 0 aliphatic heterocycles. The lowest BCUT2D eigenvalue weighted by Crippen LogP contribution is -2.58. The molecule has 15 heteroatoms. The van der Waals surface area contributed by atoms with Crippen LogP contribution in [-0.4, -0.2) is 81.5 Å². The van der Waals surface area contributed by atoms with Crippen molar-refractivity contribution in [2.75, 3.05) is 6.61 Å². The van der Waals surface area contributed by atoms with Gasteiger partial charge in [0.25, 0.3) is 0 Å². The summed E-state index contributed by atoms with van der Waals surface area (Å²) in [7, 11) is 0. The van der Waals surface area contributed by atoms with Gasteiger partial charge in [0.15, 0.2) is 0 Å². The van der Waals surface area contributed by atoms with E-state index in [1.165, 1.54) is 0 Å². The van der Waals surface area contributed by atoms with Crippen LogP contribution in [0.25, 0.3) is 10.9 Å². The number of rotatable bonds is 16. The summed E-state index contributed by atoms with van der Waals surface area (Å²) in [6, 6.07) is 1.85.